The maximum Gasteiger partial charge on any atom is 0.265 e. The van der Waals surface area contributed by atoms with Crippen molar-refractivity contribution in [3.63, 3.8) is 0 Å². The Hall–Kier alpha value is -3.38. The van der Waals surface area contributed by atoms with Gasteiger partial charge in [0, 0.05) is 23.8 Å². The second-order valence-electron chi connectivity index (χ2n) is 7.44. The quantitative estimate of drug-likeness (QED) is 0.462. The molecule has 158 valence electrons. The van der Waals surface area contributed by atoms with Crippen molar-refractivity contribution in [1.29, 1.82) is 0 Å². The molecule has 1 unspecified atom stereocenters. The molecule has 0 spiro atoms. The molecule has 0 aliphatic carbocycles. The van der Waals surface area contributed by atoms with Crippen LogP contribution < -0.4 is 10.1 Å². The molecule has 2 heterocycles. The van der Waals surface area contributed by atoms with Crippen LogP contribution in [0.25, 0.3) is 22.2 Å². The fourth-order valence-electron chi connectivity index (χ4n) is 3.54. The van der Waals surface area contributed by atoms with Gasteiger partial charge in [0.05, 0.1) is 11.1 Å². The molecule has 4 rings (SSSR count). The van der Waals surface area contributed by atoms with Crippen LogP contribution in [0.4, 0.5) is 5.69 Å². The van der Waals surface area contributed by atoms with E-state index in [-0.39, 0.29) is 5.91 Å². The number of anilines is 1. The van der Waals surface area contributed by atoms with E-state index in [0.29, 0.717) is 22.2 Å². The van der Waals surface area contributed by atoms with Crippen LogP contribution in [0.3, 0.4) is 0 Å². The summed E-state index contributed by atoms with van der Waals surface area (Å²) < 4.78 is 7.68. The highest BCUT2D eigenvalue weighted by Crippen LogP contribution is 2.33. The smallest absolute Gasteiger partial charge is 0.265 e. The van der Waals surface area contributed by atoms with Crippen LogP contribution in [-0.4, -0.2) is 26.8 Å². The molecular weight excluding hydrogens is 412 g/mol. The predicted molar refractivity (Wildman–Crippen MR) is 124 cm³/mol. The van der Waals surface area contributed by atoms with Crippen LogP contribution in [0.2, 0.25) is 5.02 Å². The third-order valence-corrected chi connectivity index (χ3v) is 5.63. The molecule has 6 nitrogen and oxygen atoms in total. The largest absolute Gasteiger partial charge is 0.464 e. The lowest BCUT2D eigenvalue weighted by molar-refractivity contribution is -0.122. The Kier molecular flexibility index (Phi) is 5.65. The van der Waals surface area contributed by atoms with Crippen molar-refractivity contribution in [3.8, 4) is 17.0 Å². The number of hydrogen-bond acceptors (Lipinski definition) is 4. The number of amides is 1. The monoisotopic (exact) mass is 434 g/mol. The van der Waals surface area contributed by atoms with Crippen LogP contribution in [0.15, 0.2) is 54.6 Å². The van der Waals surface area contributed by atoms with E-state index in [9.17, 15) is 4.79 Å². The highest BCUT2D eigenvalue weighted by atomic mass is 35.5. The van der Waals surface area contributed by atoms with E-state index >= 15 is 0 Å². The highest BCUT2D eigenvalue weighted by Gasteiger charge is 2.20. The van der Waals surface area contributed by atoms with E-state index in [2.05, 4.69) is 15.4 Å². The Balaban J connectivity index is 1.66. The summed E-state index contributed by atoms with van der Waals surface area (Å²) >= 11 is 6.15. The molecule has 0 fully saturated rings. The standard InChI is InChI=1S/C24H23ClN4O2/c1-14-19(25)11-8-12-20(14)26-24(30)16(3)31-21-13-18(17-9-6-5-7-10-17)22-15(2)28-29(4)23(22)27-21/h5-13,16H,1-4H3,(H,26,30). The van der Waals surface area contributed by atoms with Gasteiger partial charge in [-0.1, -0.05) is 48.0 Å². The molecule has 2 aromatic heterocycles. The van der Waals surface area contributed by atoms with E-state index in [1.165, 1.54) is 0 Å². The van der Waals surface area contributed by atoms with Crippen molar-refractivity contribution in [1.82, 2.24) is 14.8 Å². The maximum atomic E-state index is 12.7. The molecule has 7 heteroatoms. The van der Waals surface area contributed by atoms with Crippen molar-refractivity contribution < 1.29 is 9.53 Å². The van der Waals surface area contributed by atoms with Crippen molar-refractivity contribution in [2.24, 2.45) is 7.05 Å². The van der Waals surface area contributed by atoms with E-state index < -0.39 is 6.10 Å². The van der Waals surface area contributed by atoms with E-state index in [1.54, 1.807) is 23.7 Å². The summed E-state index contributed by atoms with van der Waals surface area (Å²) in [5.41, 5.74) is 5.04. The van der Waals surface area contributed by atoms with Gasteiger partial charge in [-0.05, 0) is 49.6 Å². The number of carbonyl (C=O) groups excluding carboxylic acids is 1. The van der Waals surface area contributed by atoms with E-state index in [4.69, 9.17) is 16.3 Å². The first kappa shape index (κ1) is 20.9. The second kappa shape index (κ2) is 8.40. The molecule has 0 radical (unpaired) electrons. The van der Waals surface area contributed by atoms with Gasteiger partial charge in [-0.25, -0.2) is 0 Å². The number of nitrogens with zero attached hydrogens (tertiary/aromatic N) is 3. The van der Waals surface area contributed by atoms with Crippen LogP contribution in [0.5, 0.6) is 5.88 Å². The number of benzene rings is 2. The lowest BCUT2D eigenvalue weighted by Gasteiger charge is -2.16. The predicted octanol–water partition coefficient (Wildman–Crippen LogP) is 5.31. The van der Waals surface area contributed by atoms with Gasteiger partial charge in [0.2, 0.25) is 5.88 Å². The first-order valence-electron chi connectivity index (χ1n) is 9.97. The van der Waals surface area contributed by atoms with Crippen LogP contribution in [-0.2, 0) is 11.8 Å². The van der Waals surface area contributed by atoms with Crippen LogP contribution in [0, 0.1) is 13.8 Å². The van der Waals surface area contributed by atoms with Gasteiger partial charge < -0.3 is 10.1 Å². The Bertz CT molecular complexity index is 1270. The lowest BCUT2D eigenvalue weighted by atomic mass is 10.0. The first-order chi connectivity index (χ1) is 14.8. The van der Waals surface area contributed by atoms with Gasteiger partial charge in [-0.3, -0.25) is 9.48 Å². The molecule has 0 aliphatic heterocycles. The number of carbonyl (C=O) groups is 1. The highest BCUT2D eigenvalue weighted by molar-refractivity contribution is 6.31. The average molecular weight is 435 g/mol. The van der Waals surface area contributed by atoms with Crippen LogP contribution in [0.1, 0.15) is 18.2 Å². The van der Waals surface area contributed by atoms with Gasteiger partial charge in [0.25, 0.3) is 5.91 Å². The van der Waals surface area contributed by atoms with Crippen molar-refractivity contribution in [3.05, 3.63) is 70.9 Å². The molecule has 1 atom stereocenters. The lowest BCUT2D eigenvalue weighted by Crippen LogP contribution is -2.30. The minimum absolute atomic E-state index is 0.283. The Morgan fingerprint density at radius 3 is 2.61 bits per heavy atom. The van der Waals surface area contributed by atoms with Crippen LogP contribution >= 0.6 is 11.6 Å². The average Bonchev–Trinajstić information content (AvgIpc) is 3.05. The molecular formula is C24H23ClN4O2. The molecule has 1 amide bonds. The van der Waals surface area contributed by atoms with Gasteiger partial charge in [-0.2, -0.15) is 10.1 Å². The fraction of sp³-hybridized carbons (Fsp3) is 0.208. The summed E-state index contributed by atoms with van der Waals surface area (Å²) in [6.07, 6.45) is -0.763. The Labute approximate surface area is 185 Å². The molecule has 0 saturated heterocycles. The second-order valence-corrected chi connectivity index (χ2v) is 7.85. The minimum Gasteiger partial charge on any atom is -0.464 e. The summed E-state index contributed by atoms with van der Waals surface area (Å²) in [6.45, 7) is 5.51. The molecule has 0 saturated carbocycles. The summed E-state index contributed by atoms with van der Waals surface area (Å²) in [5.74, 6) is 0.0783. The minimum atomic E-state index is -0.763. The SMILES string of the molecule is Cc1c(Cl)cccc1NC(=O)C(C)Oc1cc(-c2ccccc2)c2c(C)nn(C)c2n1. The topological polar surface area (TPSA) is 69.0 Å². The van der Waals surface area contributed by atoms with Gasteiger partial charge in [-0.15, -0.1) is 0 Å². The molecule has 31 heavy (non-hydrogen) atoms. The maximum absolute atomic E-state index is 12.7. The van der Waals surface area contributed by atoms with Crippen molar-refractivity contribution in [2.75, 3.05) is 5.32 Å². The zero-order chi connectivity index (χ0) is 22.1. The third kappa shape index (κ3) is 4.11. The van der Waals surface area contributed by atoms with Crippen molar-refractivity contribution >= 4 is 34.2 Å². The number of rotatable bonds is 5. The third-order valence-electron chi connectivity index (χ3n) is 5.22. The number of aryl methyl sites for hydroxylation is 2. The number of hydrogen-bond donors (Lipinski definition) is 1. The first-order valence-corrected chi connectivity index (χ1v) is 10.4. The molecule has 0 bridgehead atoms. The number of fused-ring (bicyclic) bond motifs is 1. The van der Waals surface area contributed by atoms with E-state index in [0.717, 1.165) is 27.8 Å². The molecule has 4 aromatic rings. The molecule has 0 aliphatic rings. The summed E-state index contributed by atoms with van der Waals surface area (Å²) in [5, 5.41) is 8.95. The number of aromatic nitrogens is 3. The summed E-state index contributed by atoms with van der Waals surface area (Å²) in [7, 11) is 1.85. The van der Waals surface area contributed by atoms with E-state index in [1.807, 2.05) is 63.4 Å². The summed E-state index contributed by atoms with van der Waals surface area (Å²) in [4.78, 5) is 17.4. The zero-order valence-electron chi connectivity index (χ0n) is 17.8. The fourth-order valence-corrected chi connectivity index (χ4v) is 3.71. The van der Waals surface area contributed by atoms with Gasteiger partial charge >= 0.3 is 0 Å². The normalized spacial score (nSPS) is 12.0. The number of pyridine rings is 1. The van der Waals surface area contributed by atoms with Gasteiger partial charge in [0.15, 0.2) is 11.8 Å². The Morgan fingerprint density at radius 2 is 1.87 bits per heavy atom. The number of halogens is 1. The Morgan fingerprint density at radius 1 is 1.13 bits per heavy atom. The zero-order valence-corrected chi connectivity index (χ0v) is 18.6. The molecule has 1 N–H and O–H groups in total. The van der Waals surface area contributed by atoms with Gasteiger partial charge in [0.1, 0.15) is 0 Å². The number of ether oxygens (including phenoxy) is 1. The van der Waals surface area contributed by atoms with Crippen molar-refractivity contribution in [2.45, 2.75) is 26.9 Å². The number of nitrogens with one attached hydrogen (secondary N) is 1. The summed E-state index contributed by atoms with van der Waals surface area (Å²) in [6, 6.07) is 17.2. The molecule has 2 aromatic carbocycles.